The summed E-state index contributed by atoms with van der Waals surface area (Å²) < 4.78 is 28.1. The van der Waals surface area contributed by atoms with Crippen LogP contribution in [0.3, 0.4) is 0 Å². The van der Waals surface area contributed by atoms with Gasteiger partial charge in [0.1, 0.15) is 10.7 Å². The van der Waals surface area contributed by atoms with Gasteiger partial charge < -0.3 is 9.73 Å². The zero-order chi connectivity index (χ0) is 16.8. The zero-order valence-corrected chi connectivity index (χ0v) is 13.7. The molecule has 0 saturated heterocycles. The highest BCUT2D eigenvalue weighted by molar-refractivity contribution is 7.89. The molecule has 0 spiro atoms. The number of carbonyl (C=O) groups excluding carboxylic acids is 1. The van der Waals surface area contributed by atoms with E-state index >= 15 is 0 Å². The highest BCUT2D eigenvalue weighted by atomic mass is 32.2. The topological polar surface area (TPSA) is 102 Å². The number of furan rings is 1. The number of nitrogens with one attached hydrogen (secondary N) is 1. The Morgan fingerprint density at radius 3 is 2.70 bits per heavy atom. The molecule has 0 fully saturated rings. The van der Waals surface area contributed by atoms with Gasteiger partial charge in [-0.2, -0.15) is 0 Å². The van der Waals surface area contributed by atoms with E-state index in [9.17, 15) is 13.2 Å². The molecule has 0 bridgehead atoms. The van der Waals surface area contributed by atoms with Gasteiger partial charge in [-0.25, -0.2) is 13.6 Å². The van der Waals surface area contributed by atoms with Crippen molar-refractivity contribution in [3.8, 4) is 0 Å². The van der Waals surface area contributed by atoms with Crippen LogP contribution in [0.1, 0.15) is 45.5 Å². The van der Waals surface area contributed by atoms with E-state index in [-0.39, 0.29) is 22.5 Å². The van der Waals surface area contributed by atoms with Crippen molar-refractivity contribution < 1.29 is 17.6 Å². The number of amides is 1. The Kier molecular flexibility index (Phi) is 3.77. The molecule has 7 heteroatoms. The third-order valence-electron chi connectivity index (χ3n) is 4.08. The predicted molar refractivity (Wildman–Crippen MR) is 84.5 cm³/mol. The summed E-state index contributed by atoms with van der Waals surface area (Å²) in [4.78, 5) is 12.2. The monoisotopic (exact) mass is 334 g/mol. The molecule has 1 aromatic heterocycles. The summed E-state index contributed by atoms with van der Waals surface area (Å²) in [6, 6.07) is 7.23. The van der Waals surface area contributed by atoms with E-state index in [1.165, 1.54) is 24.1 Å². The summed E-state index contributed by atoms with van der Waals surface area (Å²) in [5.41, 5.74) is 3.52. The van der Waals surface area contributed by atoms with Crippen LogP contribution in [-0.4, -0.2) is 14.3 Å². The molecule has 1 amide bonds. The number of nitrogens with two attached hydrogens (primary N) is 1. The third-order valence-corrected chi connectivity index (χ3v) is 5.10. The molecule has 1 aliphatic carbocycles. The van der Waals surface area contributed by atoms with Crippen molar-refractivity contribution in [2.24, 2.45) is 5.14 Å². The van der Waals surface area contributed by atoms with Crippen molar-refractivity contribution in [2.45, 2.75) is 37.6 Å². The minimum Gasteiger partial charge on any atom is -0.455 e. The van der Waals surface area contributed by atoms with Crippen molar-refractivity contribution in [1.29, 1.82) is 0 Å². The summed E-state index contributed by atoms with van der Waals surface area (Å²) in [6.07, 6.45) is 1.72. The second-order valence-electron chi connectivity index (χ2n) is 5.84. The number of aryl methyl sites for hydroxylation is 3. The number of carbonyl (C=O) groups is 1. The first-order valence-electron chi connectivity index (χ1n) is 7.29. The molecular weight excluding hydrogens is 316 g/mol. The minimum atomic E-state index is -3.90. The molecule has 0 radical (unpaired) electrons. The lowest BCUT2D eigenvalue weighted by molar-refractivity contribution is 0.0907. The van der Waals surface area contributed by atoms with Crippen molar-refractivity contribution in [3.05, 3.63) is 52.5 Å². The molecule has 3 N–H and O–H groups in total. The van der Waals surface area contributed by atoms with E-state index in [4.69, 9.17) is 9.56 Å². The average Bonchev–Trinajstić information content (AvgIpc) is 3.02. The number of rotatable bonds is 3. The number of benzene rings is 1. The minimum absolute atomic E-state index is 0.0490. The molecule has 2 aromatic rings. The van der Waals surface area contributed by atoms with Crippen LogP contribution in [0, 0.1) is 13.8 Å². The Balaban J connectivity index is 1.82. The SMILES string of the molecule is Cc1ccc2c(c1)CC[C@H]2NC(=O)c1cc(S(N)(=O)=O)c(C)o1. The van der Waals surface area contributed by atoms with Crippen LogP contribution >= 0.6 is 0 Å². The lowest BCUT2D eigenvalue weighted by atomic mass is 10.1. The van der Waals surface area contributed by atoms with Gasteiger partial charge in [0.2, 0.25) is 10.0 Å². The number of sulfonamides is 1. The second kappa shape index (κ2) is 5.50. The zero-order valence-electron chi connectivity index (χ0n) is 12.9. The fourth-order valence-corrected chi connectivity index (χ4v) is 3.70. The van der Waals surface area contributed by atoms with Crippen LogP contribution in [0.15, 0.2) is 33.6 Å². The molecule has 0 aliphatic heterocycles. The third kappa shape index (κ3) is 3.02. The first kappa shape index (κ1) is 15.8. The van der Waals surface area contributed by atoms with Crippen molar-refractivity contribution in [2.75, 3.05) is 0 Å². The van der Waals surface area contributed by atoms with Crippen molar-refractivity contribution in [1.82, 2.24) is 5.32 Å². The van der Waals surface area contributed by atoms with Gasteiger partial charge in [0, 0.05) is 6.07 Å². The number of hydrogen-bond acceptors (Lipinski definition) is 4. The fourth-order valence-electron chi connectivity index (χ4n) is 2.99. The molecule has 23 heavy (non-hydrogen) atoms. The fraction of sp³-hybridized carbons (Fsp3) is 0.312. The molecule has 0 saturated carbocycles. The van der Waals surface area contributed by atoms with E-state index in [1.807, 2.05) is 19.1 Å². The van der Waals surface area contributed by atoms with E-state index in [2.05, 4.69) is 11.4 Å². The standard InChI is InChI=1S/C16H18N2O4S/c1-9-3-5-12-11(7-9)4-6-13(12)18-16(19)14-8-15(10(2)22-14)23(17,20)21/h3,5,7-8,13H,4,6H2,1-2H3,(H,18,19)(H2,17,20,21)/t13-/m1/s1. The second-order valence-corrected chi connectivity index (χ2v) is 7.37. The van der Waals surface area contributed by atoms with Gasteiger partial charge in [-0.1, -0.05) is 23.8 Å². The van der Waals surface area contributed by atoms with Crippen LogP contribution in [0.25, 0.3) is 0 Å². The first-order chi connectivity index (χ1) is 10.8. The summed E-state index contributed by atoms with van der Waals surface area (Å²) in [5, 5.41) is 7.99. The van der Waals surface area contributed by atoms with Crippen LogP contribution in [-0.2, 0) is 16.4 Å². The number of fused-ring (bicyclic) bond motifs is 1. The summed E-state index contributed by atoms with van der Waals surface area (Å²) in [5.74, 6) is -0.381. The summed E-state index contributed by atoms with van der Waals surface area (Å²) in [6.45, 7) is 3.50. The number of primary sulfonamides is 1. The van der Waals surface area contributed by atoms with Gasteiger partial charge >= 0.3 is 0 Å². The molecule has 122 valence electrons. The Hall–Kier alpha value is -2.12. The van der Waals surface area contributed by atoms with Gasteiger partial charge in [0.25, 0.3) is 5.91 Å². The van der Waals surface area contributed by atoms with E-state index in [0.717, 1.165) is 18.4 Å². The predicted octanol–water partition coefficient (Wildman–Crippen LogP) is 1.96. The maximum atomic E-state index is 12.3. The van der Waals surface area contributed by atoms with Crippen LogP contribution in [0.2, 0.25) is 0 Å². The molecule has 3 rings (SSSR count). The molecular formula is C16H18N2O4S. The van der Waals surface area contributed by atoms with Crippen LogP contribution in [0.5, 0.6) is 0 Å². The summed E-state index contributed by atoms with van der Waals surface area (Å²) >= 11 is 0. The van der Waals surface area contributed by atoms with Gasteiger partial charge in [0.15, 0.2) is 5.76 Å². The smallest absolute Gasteiger partial charge is 0.287 e. The first-order valence-corrected chi connectivity index (χ1v) is 8.84. The Morgan fingerprint density at radius 1 is 1.30 bits per heavy atom. The summed E-state index contributed by atoms with van der Waals surface area (Å²) in [7, 11) is -3.90. The highest BCUT2D eigenvalue weighted by Gasteiger charge is 2.27. The lowest BCUT2D eigenvalue weighted by Gasteiger charge is -2.13. The normalized spacial score (nSPS) is 17.1. The molecule has 1 atom stereocenters. The van der Waals surface area contributed by atoms with Gasteiger partial charge in [-0.15, -0.1) is 0 Å². The molecule has 0 unspecified atom stereocenters. The number of hydrogen-bond donors (Lipinski definition) is 2. The van der Waals surface area contributed by atoms with E-state index < -0.39 is 15.9 Å². The maximum absolute atomic E-state index is 12.3. The largest absolute Gasteiger partial charge is 0.455 e. The quantitative estimate of drug-likeness (QED) is 0.895. The van der Waals surface area contributed by atoms with Crippen LogP contribution < -0.4 is 10.5 Å². The Labute approximate surface area is 134 Å². The molecule has 1 heterocycles. The lowest BCUT2D eigenvalue weighted by Crippen LogP contribution is -2.26. The molecule has 1 aliphatic rings. The highest BCUT2D eigenvalue weighted by Crippen LogP contribution is 2.32. The van der Waals surface area contributed by atoms with Gasteiger partial charge in [-0.3, -0.25) is 4.79 Å². The van der Waals surface area contributed by atoms with Crippen molar-refractivity contribution >= 4 is 15.9 Å². The van der Waals surface area contributed by atoms with Gasteiger partial charge in [0.05, 0.1) is 6.04 Å². The molecule has 1 aromatic carbocycles. The average molecular weight is 334 g/mol. The molecule has 6 nitrogen and oxygen atoms in total. The van der Waals surface area contributed by atoms with E-state index in [1.54, 1.807) is 0 Å². The van der Waals surface area contributed by atoms with Gasteiger partial charge in [-0.05, 0) is 37.8 Å². The van der Waals surface area contributed by atoms with Crippen LogP contribution in [0.4, 0.5) is 0 Å². The Morgan fingerprint density at radius 2 is 2.04 bits per heavy atom. The Bertz CT molecular complexity index is 883. The van der Waals surface area contributed by atoms with E-state index in [0.29, 0.717) is 0 Å². The maximum Gasteiger partial charge on any atom is 0.287 e. The van der Waals surface area contributed by atoms with Crippen molar-refractivity contribution in [3.63, 3.8) is 0 Å².